The van der Waals surface area contributed by atoms with Gasteiger partial charge in [-0.3, -0.25) is 14.7 Å². The quantitative estimate of drug-likeness (QED) is 0.553. The Balaban J connectivity index is 1.55. The number of rotatable bonds is 7. The lowest BCUT2D eigenvalue weighted by molar-refractivity contribution is 0.0874. The van der Waals surface area contributed by atoms with Crippen molar-refractivity contribution < 1.29 is 9.53 Å². The summed E-state index contributed by atoms with van der Waals surface area (Å²) in [6.07, 6.45) is 3.94. The fourth-order valence-electron chi connectivity index (χ4n) is 4.92. The van der Waals surface area contributed by atoms with Crippen molar-refractivity contribution in [2.75, 3.05) is 20.2 Å². The Bertz CT molecular complexity index is 1080. The first-order valence-electron chi connectivity index (χ1n) is 11.7. The van der Waals surface area contributed by atoms with Crippen LogP contribution in [-0.2, 0) is 6.54 Å². The molecule has 4 rings (SSSR count). The van der Waals surface area contributed by atoms with Crippen molar-refractivity contribution in [1.82, 2.24) is 15.2 Å². The third kappa shape index (κ3) is 5.42. The van der Waals surface area contributed by atoms with Crippen molar-refractivity contribution in [2.24, 2.45) is 5.92 Å². The summed E-state index contributed by atoms with van der Waals surface area (Å²) in [5.41, 5.74) is 4.97. The highest BCUT2D eigenvalue weighted by Crippen LogP contribution is 2.32. The predicted molar refractivity (Wildman–Crippen MR) is 131 cm³/mol. The third-order valence-corrected chi connectivity index (χ3v) is 6.59. The second kappa shape index (κ2) is 10.6. The fraction of sp³-hybridized carbons (Fsp3) is 0.357. The van der Waals surface area contributed by atoms with E-state index in [0.717, 1.165) is 60.6 Å². The first-order valence-corrected chi connectivity index (χ1v) is 11.7. The molecule has 33 heavy (non-hydrogen) atoms. The number of ether oxygens (including phenoxy) is 1. The number of carbonyl (C=O) groups excluding carboxylic acids is 1. The van der Waals surface area contributed by atoms with Crippen LogP contribution in [0.4, 0.5) is 0 Å². The highest BCUT2D eigenvalue weighted by Gasteiger charge is 2.31. The maximum atomic E-state index is 13.2. The molecule has 0 radical (unpaired) electrons. The lowest BCUT2D eigenvalue weighted by atomic mass is 9.87. The largest absolute Gasteiger partial charge is 0.496 e. The smallest absolute Gasteiger partial charge is 0.252 e. The van der Waals surface area contributed by atoms with E-state index in [1.165, 1.54) is 5.56 Å². The molecule has 5 heteroatoms. The van der Waals surface area contributed by atoms with E-state index < -0.39 is 0 Å². The number of para-hydroxylation sites is 1. The molecule has 0 spiro atoms. The van der Waals surface area contributed by atoms with E-state index >= 15 is 0 Å². The zero-order valence-corrected chi connectivity index (χ0v) is 19.8. The minimum atomic E-state index is -0.138. The van der Waals surface area contributed by atoms with E-state index in [2.05, 4.69) is 40.3 Å². The number of benzene rings is 2. The van der Waals surface area contributed by atoms with Gasteiger partial charge in [0.25, 0.3) is 5.91 Å². The average molecular weight is 444 g/mol. The van der Waals surface area contributed by atoms with Crippen LogP contribution in [0.25, 0.3) is 0 Å². The number of nitrogens with one attached hydrogen (secondary N) is 1. The Morgan fingerprint density at radius 3 is 2.64 bits per heavy atom. The van der Waals surface area contributed by atoms with Gasteiger partial charge in [0.2, 0.25) is 0 Å². The van der Waals surface area contributed by atoms with Gasteiger partial charge in [-0.25, -0.2) is 0 Å². The normalized spacial score (nSPS) is 17.4. The lowest BCUT2D eigenvalue weighted by Crippen LogP contribution is -2.43. The number of aromatic nitrogens is 1. The second-order valence-corrected chi connectivity index (χ2v) is 8.93. The lowest BCUT2D eigenvalue weighted by Gasteiger charge is -2.37. The third-order valence-electron chi connectivity index (χ3n) is 6.59. The van der Waals surface area contributed by atoms with Crippen molar-refractivity contribution in [3.63, 3.8) is 0 Å². The molecule has 1 aliphatic heterocycles. The topological polar surface area (TPSA) is 54.5 Å². The Hall–Kier alpha value is -3.18. The number of pyridine rings is 1. The van der Waals surface area contributed by atoms with Crippen LogP contribution in [0.2, 0.25) is 0 Å². The molecule has 1 fully saturated rings. The number of amides is 1. The van der Waals surface area contributed by atoms with Gasteiger partial charge >= 0.3 is 0 Å². The Morgan fingerprint density at radius 1 is 1.09 bits per heavy atom. The molecule has 3 aromatic rings. The molecule has 2 heterocycles. The monoisotopic (exact) mass is 443 g/mol. The van der Waals surface area contributed by atoms with Crippen LogP contribution in [0.5, 0.6) is 5.75 Å². The summed E-state index contributed by atoms with van der Waals surface area (Å²) in [6, 6.07) is 19.8. The van der Waals surface area contributed by atoms with Gasteiger partial charge in [-0.05, 0) is 68.5 Å². The van der Waals surface area contributed by atoms with Gasteiger partial charge in [-0.1, -0.05) is 42.5 Å². The molecule has 1 amide bonds. The summed E-state index contributed by atoms with van der Waals surface area (Å²) in [6.45, 7) is 6.82. The van der Waals surface area contributed by atoms with Gasteiger partial charge in [0.1, 0.15) is 5.75 Å². The number of carbonyl (C=O) groups is 1. The molecule has 0 saturated carbocycles. The SMILES string of the molecule is COc1c(C)cccc1CN1CCC[C@@H]([C@H](NC(=O)c2ccccc2C)c2ccccn2)C1. The maximum Gasteiger partial charge on any atom is 0.252 e. The van der Waals surface area contributed by atoms with Crippen LogP contribution in [-0.4, -0.2) is 36.0 Å². The summed E-state index contributed by atoms with van der Waals surface area (Å²) < 4.78 is 5.68. The number of piperidine rings is 1. The number of nitrogens with zero attached hydrogens (tertiary/aromatic N) is 2. The van der Waals surface area contributed by atoms with Crippen LogP contribution in [0.1, 0.15) is 51.6 Å². The van der Waals surface area contributed by atoms with Crippen molar-refractivity contribution in [2.45, 2.75) is 39.3 Å². The van der Waals surface area contributed by atoms with E-state index in [0.29, 0.717) is 0 Å². The van der Waals surface area contributed by atoms with Crippen LogP contribution in [0, 0.1) is 19.8 Å². The molecular formula is C28H33N3O2. The number of aryl methyl sites for hydroxylation is 2. The molecule has 172 valence electrons. The van der Waals surface area contributed by atoms with Gasteiger partial charge in [0.15, 0.2) is 0 Å². The number of hydrogen-bond acceptors (Lipinski definition) is 4. The highest BCUT2D eigenvalue weighted by molar-refractivity contribution is 5.95. The van der Waals surface area contributed by atoms with Crippen molar-refractivity contribution in [3.05, 3.63) is 94.8 Å². The van der Waals surface area contributed by atoms with Crippen molar-refractivity contribution >= 4 is 5.91 Å². The molecule has 2 atom stereocenters. The summed E-state index contributed by atoms with van der Waals surface area (Å²) in [4.78, 5) is 20.3. The van der Waals surface area contributed by atoms with Gasteiger partial charge in [0.05, 0.1) is 18.8 Å². The van der Waals surface area contributed by atoms with Crippen LogP contribution >= 0.6 is 0 Å². The number of hydrogen-bond donors (Lipinski definition) is 1. The summed E-state index contributed by atoms with van der Waals surface area (Å²) in [7, 11) is 1.74. The molecule has 1 aliphatic rings. The van der Waals surface area contributed by atoms with E-state index in [9.17, 15) is 4.79 Å². The summed E-state index contributed by atoms with van der Waals surface area (Å²) >= 11 is 0. The Kier molecular flexibility index (Phi) is 7.40. The van der Waals surface area contributed by atoms with E-state index in [1.807, 2.05) is 49.4 Å². The molecule has 5 nitrogen and oxygen atoms in total. The first-order chi connectivity index (χ1) is 16.1. The predicted octanol–water partition coefficient (Wildman–Crippen LogP) is 5.09. The van der Waals surface area contributed by atoms with Crippen LogP contribution < -0.4 is 10.1 Å². The molecule has 2 aromatic carbocycles. The van der Waals surface area contributed by atoms with Crippen LogP contribution in [0.15, 0.2) is 66.9 Å². The minimum Gasteiger partial charge on any atom is -0.496 e. The highest BCUT2D eigenvalue weighted by atomic mass is 16.5. The Labute approximate surface area is 196 Å². The molecule has 1 N–H and O–H groups in total. The molecule has 0 bridgehead atoms. The summed E-state index contributed by atoms with van der Waals surface area (Å²) in [5, 5.41) is 3.32. The van der Waals surface area contributed by atoms with Crippen molar-refractivity contribution in [3.8, 4) is 5.75 Å². The summed E-state index contributed by atoms with van der Waals surface area (Å²) in [5.74, 6) is 1.20. The standard InChI is InChI=1S/C28H33N3O2/c1-20-10-4-5-14-24(20)28(32)30-26(25-15-6-7-16-29-25)22-13-9-17-31(18-22)19-23-12-8-11-21(2)27(23)33-3/h4-8,10-12,14-16,22,26H,9,13,17-19H2,1-3H3,(H,30,32)/t22-,26+/m1/s1. The van der Waals surface area contributed by atoms with E-state index in [1.54, 1.807) is 13.3 Å². The zero-order valence-electron chi connectivity index (χ0n) is 19.8. The van der Waals surface area contributed by atoms with E-state index in [-0.39, 0.29) is 17.9 Å². The van der Waals surface area contributed by atoms with Crippen molar-refractivity contribution in [1.29, 1.82) is 0 Å². The molecule has 1 aromatic heterocycles. The molecule has 0 unspecified atom stereocenters. The zero-order chi connectivity index (χ0) is 23.2. The first kappa shape index (κ1) is 23.0. The number of methoxy groups -OCH3 is 1. The fourth-order valence-corrected chi connectivity index (χ4v) is 4.92. The van der Waals surface area contributed by atoms with E-state index in [4.69, 9.17) is 4.74 Å². The maximum absolute atomic E-state index is 13.2. The van der Waals surface area contributed by atoms with Gasteiger partial charge in [-0.15, -0.1) is 0 Å². The second-order valence-electron chi connectivity index (χ2n) is 8.93. The number of likely N-dealkylation sites (tertiary alicyclic amines) is 1. The average Bonchev–Trinajstić information content (AvgIpc) is 2.83. The molecule has 1 saturated heterocycles. The van der Waals surface area contributed by atoms with Gasteiger partial charge in [-0.2, -0.15) is 0 Å². The minimum absolute atomic E-state index is 0.0405. The van der Waals surface area contributed by atoms with Gasteiger partial charge < -0.3 is 10.1 Å². The van der Waals surface area contributed by atoms with Crippen LogP contribution in [0.3, 0.4) is 0 Å². The molecular weight excluding hydrogens is 410 g/mol. The Morgan fingerprint density at radius 2 is 1.88 bits per heavy atom. The molecule has 0 aliphatic carbocycles. The van der Waals surface area contributed by atoms with Gasteiger partial charge in [0, 0.05) is 30.4 Å².